The van der Waals surface area contributed by atoms with E-state index in [1.165, 1.54) is 12.0 Å². The molecule has 1 saturated carbocycles. The van der Waals surface area contributed by atoms with E-state index in [2.05, 4.69) is 34.2 Å². The number of halogens is 2. The van der Waals surface area contributed by atoms with Crippen LogP contribution >= 0.6 is 0 Å². The number of fused-ring (bicyclic) bond motifs is 2. The molecule has 3 unspecified atom stereocenters. The van der Waals surface area contributed by atoms with E-state index in [9.17, 15) is 13.6 Å². The number of carbonyl (C=O) groups excluding carboxylic acids is 1. The van der Waals surface area contributed by atoms with E-state index in [-0.39, 0.29) is 31.5 Å². The van der Waals surface area contributed by atoms with Crippen LogP contribution in [0.4, 0.5) is 14.6 Å². The third kappa shape index (κ3) is 3.63. The standard InChI is InChI=1S/C26H29F2N5O/c27-26(28)11-14-31(17-26)23-22-16-29-12-15-32(22)24(30-23)25(34)33-13-10-19(18-6-2-1-3-7-18)20-8-4-5-9-21(20)33/h1-3,6-7,12,15-16,19-21H,4-5,8-11,13-14,17H2. The highest BCUT2D eigenvalue weighted by Gasteiger charge is 2.44. The number of imidazole rings is 1. The molecule has 3 aliphatic rings. The number of nitrogens with zero attached hydrogens (tertiary/aromatic N) is 5. The van der Waals surface area contributed by atoms with Crippen molar-refractivity contribution in [1.29, 1.82) is 0 Å². The zero-order valence-electron chi connectivity index (χ0n) is 19.1. The van der Waals surface area contributed by atoms with Crippen LogP contribution in [0.3, 0.4) is 0 Å². The number of likely N-dealkylation sites (tertiary alicyclic amines) is 1. The molecule has 178 valence electrons. The van der Waals surface area contributed by atoms with Gasteiger partial charge in [-0.15, -0.1) is 0 Å². The van der Waals surface area contributed by atoms with E-state index in [1.54, 1.807) is 27.9 Å². The number of anilines is 1. The molecule has 3 fully saturated rings. The van der Waals surface area contributed by atoms with Crippen LogP contribution in [-0.2, 0) is 0 Å². The SMILES string of the molecule is O=C(c1nc(N2CCC(F)(F)C2)c2cnccn12)N1CCC(c2ccccc2)C2CCCCC21. The van der Waals surface area contributed by atoms with Crippen molar-refractivity contribution in [2.75, 3.05) is 24.5 Å². The van der Waals surface area contributed by atoms with Crippen LogP contribution in [0.25, 0.3) is 5.52 Å². The molecule has 0 N–H and O–H groups in total. The molecule has 8 heteroatoms. The van der Waals surface area contributed by atoms with Gasteiger partial charge < -0.3 is 9.80 Å². The minimum Gasteiger partial charge on any atom is -0.348 e. The molecule has 2 aromatic heterocycles. The van der Waals surface area contributed by atoms with Crippen molar-refractivity contribution < 1.29 is 13.6 Å². The molecular weight excluding hydrogens is 436 g/mol. The van der Waals surface area contributed by atoms with Gasteiger partial charge in [-0.1, -0.05) is 43.2 Å². The van der Waals surface area contributed by atoms with Gasteiger partial charge in [0.25, 0.3) is 11.8 Å². The Morgan fingerprint density at radius 3 is 2.68 bits per heavy atom. The lowest BCUT2D eigenvalue weighted by atomic mass is 9.69. The van der Waals surface area contributed by atoms with E-state index < -0.39 is 5.92 Å². The molecule has 4 heterocycles. The molecule has 6 rings (SSSR count). The summed E-state index contributed by atoms with van der Waals surface area (Å²) in [6, 6.07) is 10.8. The van der Waals surface area contributed by atoms with Gasteiger partial charge in [0.2, 0.25) is 5.82 Å². The van der Waals surface area contributed by atoms with Crippen molar-refractivity contribution in [3.8, 4) is 0 Å². The van der Waals surface area contributed by atoms with Crippen molar-refractivity contribution in [1.82, 2.24) is 19.3 Å². The van der Waals surface area contributed by atoms with Crippen LogP contribution in [0.1, 0.15) is 60.6 Å². The monoisotopic (exact) mass is 465 g/mol. The third-order valence-corrected chi connectivity index (χ3v) is 7.96. The molecule has 3 aromatic rings. The molecule has 1 amide bonds. The number of carbonyl (C=O) groups is 1. The Labute approximate surface area is 197 Å². The second-order valence-corrected chi connectivity index (χ2v) is 9.94. The number of aromatic nitrogens is 3. The van der Waals surface area contributed by atoms with E-state index in [4.69, 9.17) is 0 Å². The Morgan fingerprint density at radius 1 is 1.06 bits per heavy atom. The lowest BCUT2D eigenvalue weighted by Gasteiger charge is -2.48. The molecule has 1 aliphatic carbocycles. The maximum absolute atomic E-state index is 13.9. The van der Waals surface area contributed by atoms with Gasteiger partial charge in [-0.3, -0.25) is 14.2 Å². The molecule has 34 heavy (non-hydrogen) atoms. The fraction of sp³-hybridized carbons (Fsp3) is 0.500. The zero-order valence-corrected chi connectivity index (χ0v) is 19.1. The minimum absolute atomic E-state index is 0.109. The lowest BCUT2D eigenvalue weighted by Crippen LogP contribution is -2.52. The first-order valence-corrected chi connectivity index (χ1v) is 12.3. The van der Waals surface area contributed by atoms with Crippen LogP contribution in [0.15, 0.2) is 48.9 Å². The number of benzene rings is 1. The highest BCUT2D eigenvalue weighted by atomic mass is 19.3. The predicted molar refractivity (Wildman–Crippen MR) is 125 cm³/mol. The molecular formula is C26H29F2N5O. The van der Waals surface area contributed by atoms with E-state index in [0.29, 0.717) is 35.5 Å². The molecule has 3 atom stereocenters. The Kier molecular flexibility index (Phi) is 5.26. The number of alkyl halides is 2. The summed E-state index contributed by atoms with van der Waals surface area (Å²) in [6.07, 6.45) is 10.1. The van der Waals surface area contributed by atoms with Crippen LogP contribution in [0.5, 0.6) is 0 Å². The van der Waals surface area contributed by atoms with E-state index in [0.717, 1.165) is 25.7 Å². The van der Waals surface area contributed by atoms with Gasteiger partial charge in [-0.2, -0.15) is 0 Å². The van der Waals surface area contributed by atoms with Gasteiger partial charge in [0, 0.05) is 37.9 Å². The lowest BCUT2D eigenvalue weighted by molar-refractivity contribution is 0.0256. The second-order valence-electron chi connectivity index (χ2n) is 9.94. The van der Waals surface area contributed by atoms with Crippen LogP contribution in [0.2, 0.25) is 0 Å². The highest BCUT2D eigenvalue weighted by molar-refractivity contribution is 5.94. The van der Waals surface area contributed by atoms with Gasteiger partial charge in [0.1, 0.15) is 5.52 Å². The predicted octanol–water partition coefficient (Wildman–Crippen LogP) is 4.76. The summed E-state index contributed by atoms with van der Waals surface area (Å²) >= 11 is 0. The minimum atomic E-state index is -2.74. The Balaban J connectivity index is 1.33. The van der Waals surface area contributed by atoms with Gasteiger partial charge in [-0.05, 0) is 36.7 Å². The zero-order chi connectivity index (χ0) is 23.3. The fourth-order valence-corrected chi connectivity index (χ4v) is 6.37. The van der Waals surface area contributed by atoms with Crippen LogP contribution in [0, 0.1) is 5.92 Å². The first kappa shape index (κ1) is 21.5. The average Bonchev–Trinajstić information content (AvgIpc) is 3.43. The molecule has 1 aromatic carbocycles. The largest absolute Gasteiger partial charge is 0.348 e. The molecule has 0 spiro atoms. The Morgan fingerprint density at radius 2 is 1.88 bits per heavy atom. The summed E-state index contributed by atoms with van der Waals surface area (Å²) in [6.45, 7) is 0.515. The fourth-order valence-electron chi connectivity index (χ4n) is 6.37. The summed E-state index contributed by atoms with van der Waals surface area (Å²) in [5, 5.41) is 0. The molecule has 0 radical (unpaired) electrons. The first-order chi connectivity index (χ1) is 16.5. The van der Waals surface area contributed by atoms with Crippen molar-refractivity contribution in [3.63, 3.8) is 0 Å². The van der Waals surface area contributed by atoms with Crippen molar-refractivity contribution in [2.45, 2.75) is 56.4 Å². The molecule has 2 saturated heterocycles. The number of hydrogen-bond donors (Lipinski definition) is 0. The molecule has 2 aliphatic heterocycles. The second kappa shape index (κ2) is 8.32. The van der Waals surface area contributed by atoms with Gasteiger partial charge >= 0.3 is 0 Å². The van der Waals surface area contributed by atoms with Crippen LogP contribution < -0.4 is 4.90 Å². The number of amides is 1. The van der Waals surface area contributed by atoms with Gasteiger partial charge in [-0.25, -0.2) is 13.8 Å². The maximum Gasteiger partial charge on any atom is 0.290 e. The van der Waals surface area contributed by atoms with Crippen molar-refractivity contribution >= 4 is 17.2 Å². The molecule has 0 bridgehead atoms. The smallest absolute Gasteiger partial charge is 0.290 e. The molecule has 6 nitrogen and oxygen atoms in total. The Bertz CT molecular complexity index is 1200. The topological polar surface area (TPSA) is 53.7 Å². The summed E-state index contributed by atoms with van der Waals surface area (Å²) in [5.41, 5.74) is 1.96. The summed E-state index contributed by atoms with van der Waals surface area (Å²) in [4.78, 5) is 26.3. The quantitative estimate of drug-likeness (QED) is 0.560. The normalized spacial score (nSPS) is 26.6. The van der Waals surface area contributed by atoms with Crippen molar-refractivity contribution in [2.24, 2.45) is 5.92 Å². The van der Waals surface area contributed by atoms with E-state index >= 15 is 0 Å². The van der Waals surface area contributed by atoms with E-state index in [1.807, 2.05) is 11.0 Å². The number of rotatable bonds is 3. The summed E-state index contributed by atoms with van der Waals surface area (Å²) in [7, 11) is 0. The van der Waals surface area contributed by atoms with Crippen molar-refractivity contribution in [3.05, 3.63) is 60.3 Å². The maximum atomic E-state index is 13.9. The highest BCUT2D eigenvalue weighted by Crippen LogP contribution is 2.44. The number of piperidine rings is 1. The third-order valence-electron chi connectivity index (χ3n) is 7.96. The van der Waals surface area contributed by atoms with Gasteiger partial charge in [0.15, 0.2) is 5.82 Å². The number of hydrogen-bond acceptors (Lipinski definition) is 4. The first-order valence-electron chi connectivity index (χ1n) is 12.3. The van der Waals surface area contributed by atoms with Crippen LogP contribution in [-0.4, -0.2) is 56.8 Å². The Hall–Kier alpha value is -3.03. The summed E-state index contributed by atoms with van der Waals surface area (Å²) < 4.78 is 29.6. The average molecular weight is 466 g/mol. The van der Waals surface area contributed by atoms with Gasteiger partial charge in [0.05, 0.1) is 12.7 Å². The summed E-state index contributed by atoms with van der Waals surface area (Å²) in [5.74, 6) is -1.24.